The van der Waals surface area contributed by atoms with Gasteiger partial charge in [0, 0.05) is 24.5 Å². The van der Waals surface area contributed by atoms with Crippen molar-refractivity contribution in [3.63, 3.8) is 0 Å². The molecular weight excluding hydrogens is 435 g/mol. The van der Waals surface area contributed by atoms with Crippen molar-refractivity contribution in [3.05, 3.63) is 22.4 Å². The van der Waals surface area contributed by atoms with Gasteiger partial charge in [0.05, 0.1) is 12.3 Å². The van der Waals surface area contributed by atoms with E-state index in [-0.39, 0.29) is 29.7 Å². The van der Waals surface area contributed by atoms with E-state index in [4.69, 9.17) is 0 Å². The van der Waals surface area contributed by atoms with Gasteiger partial charge < -0.3 is 10.6 Å². The van der Waals surface area contributed by atoms with Gasteiger partial charge in [-0.25, -0.2) is 13.1 Å². The van der Waals surface area contributed by atoms with Crippen LogP contribution in [0.4, 0.5) is 0 Å². The van der Waals surface area contributed by atoms with E-state index < -0.39 is 10.0 Å². The van der Waals surface area contributed by atoms with Gasteiger partial charge in [0.15, 0.2) is 5.96 Å². The molecule has 0 aromatic carbocycles. The lowest BCUT2D eigenvalue weighted by Crippen LogP contribution is -2.39. The van der Waals surface area contributed by atoms with Crippen LogP contribution < -0.4 is 15.4 Å². The SMILES string of the molecule is CCNC(=NCCNS(=O)(=O)CC)NCCc1cccs1.I. The van der Waals surface area contributed by atoms with Crippen molar-refractivity contribution in [1.82, 2.24) is 15.4 Å². The lowest BCUT2D eigenvalue weighted by molar-refractivity contribution is 0.583. The summed E-state index contributed by atoms with van der Waals surface area (Å²) >= 11 is 1.74. The van der Waals surface area contributed by atoms with Gasteiger partial charge in [-0.3, -0.25) is 4.99 Å². The van der Waals surface area contributed by atoms with Crippen molar-refractivity contribution in [2.75, 3.05) is 31.9 Å². The zero-order chi connectivity index (χ0) is 15.6. The highest BCUT2D eigenvalue weighted by atomic mass is 127. The van der Waals surface area contributed by atoms with E-state index in [1.807, 2.05) is 13.0 Å². The summed E-state index contributed by atoms with van der Waals surface area (Å²) in [5.41, 5.74) is 0. The number of nitrogens with one attached hydrogen (secondary N) is 3. The van der Waals surface area contributed by atoms with Crippen molar-refractivity contribution >= 4 is 51.3 Å². The second kappa shape index (κ2) is 12.1. The minimum Gasteiger partial charge on any atom is -0.357 e. The minimum absolute atomic E-state index is 0. The molecule has 0 fully saturated rings. The van der Waals surface area contributed by atoms with Gasteiger partial charge in [0.25, 0.3) is 0 Å². The first kappa shape index (κ1) is 21.6. The Labute approximate surface area is 154 Å². The Bertz CT molecular complexity index is 518. The fraction of sp³-hybridized carbons (Fsp3) is 0.615. The summed E-state index contributed by atoms with van der Waals surface area (Å²) in [4.78, 5) is 5.67. The summed E-state index contributed by atoms with van der Waals surface area (Å²) in [5.74, 6) is 0.806. The van der Waals surface area contributed by atoms with Crippen LogP contribution >= 0.6 is 35.3 Å². The van der Waals surface area contributed by atoms with Gasteiger partial charge in [0.2, 0.25) is 10.0 Å². The number of guanidine groups is 1. The van der Waals surface area contributed by atoms with Crippen LogP contribution in [0.25, 0.3) is 0 Å². The highest BCUT2D eigenvalue weighted by Gasteiger charge is 2.04. The molecule has 0 aliphatic rings. The van der Waals surface area contributed by atoms with Crippen LogP contribution in [0.3, 0.4) is 0 Å². The Balaban J connectivity index is 0.00000441. The first-order chi connectivity index (χ1) is 10.1. The predicted molar refractivity (Wildman–Crippen MR) is 105 cm³/mol. The molecule has 3 N–H and O–H groups in total. The number of hydrogen-bond donors (Lipinski definition) is 3. The molecule has 1 rings (SSSR count). The van der Waals surface area contributed by atoms with Crippen LogP contribution in [0.2, 0.25) is 0 Å². The third-order valence-electron chi connectivity index (χ3n) is 2.67. The molecule has 0 aliphatic carbocycles. The van der Waals surface area contributed by atoms with Gasteiger partial charge in [-0.2, -0.15) is 0 Å². The number of aliphatic imine (C=N–C) groups is 1. The first-order valence-electron chi connectivity index (χ1n) is 7.09. The molecule has 0 aliphatic heterocycles. The largest absolute Gasteiger partial charge is 0.357 e. The maximum Gasteiger partial charge on any atom is 0.211 e. The van der Waals surface area contributed by atoms with Crippen molar-refractivity contribution < 1.29 is 8.42 Å². The normalized spacial score (nSPS) is 11.8. The predicted octanol–water partition coefficient (Wildman–Crippen LogP) is 1.40. The highest BCUT2D eigenvalue weighted by Crippen LogP contribution is 2.07. The van der Waals surface area contributed by atoms with E-state index in [0.29, 0.717) is 19.0 Å². The van der Waals surface area contributed by atoms with Crippen LogP contribution in [0.1, 0.15) is 18.7 Å². The molecule has 22 heavy (non-hydrogen) atoms. The molecule has 1 aromatic heterocycles. The lowest BCUT2D eigenvalue weighted by Gasteiger charge is -2.11. The average Bonchev–Trinajstić information content (AvgIpc) is 2.97. The monoisotopic (exact) mass is 460 g/mol. The third-order valence-corrected chi connectivity index (χ3v) is 5.01. The van der Waals surface area contributed by atoms with E-state index in [0.717, 1.165) is 19.5 Å². The number of nitrogens with zero attached hydrogens (tertiary/aromatic N) is 1. The Morgan fingerprint density at radius 1 is 1.27 bits per heavy atom. The molecule has 0 spiro atoms. The quantitative estimate of drug-likeness (QED) is 0.225. The fourth-order valence-corrected chi connectivity index (χ4v) is 2.89. The van der Waals surface area contributed by atoms with E-state index in [9.17, 15) is 8.42 Å². The molecule has 0 atom stereocenters. The Morgan fingerprint density at radius 3 is 2.64 bits per heavy atom. The molecular formula is C13H25IN4O2S2. The minimum atomic E-state index is -3.13. The van der Waals surface area contributed by atoms with Crippen LogP contribution in [0, 0.1) is 0 Å². The molecule has 9 heteroatoms. The maximum atomic E-state index is 11.3. The highest BCUT2D eigenvalue weighted by molar-refractivity contribution is 14.0. The molecule has 1 aromatic rings. The summed E-state index contributed by atoms with van der Waals surface area (Å²) in [6.45, 7) is 5.90. The second-order valence-corrected chi connectivity index (χ2v) is 7.44. The summed E-state index contributed by atoms with van der Waals surface area (Å²) in [5, 5.41) is 8.44. The summed E-state index contributed by atoms with van der Waals surface area (Å²) in [7, 11) is -3.13. The van der Waals surface area contributed by atoms with E-state index in [2.05, 4.69) is 31.8 Å². The van der Waals surface area contributed by atoms with Crippen LogP contribution in [0.5, 0.6) is 0 Å². The van der Waals surface area contributed by atoms with Crippen molar-refractivity contribution in [3.8, 4) is 0 Å². The maximum absolute atomic E-state index is 11.3. The average molecular weight is 460 g/mol. The number of rotatable bonds is 9. The van der Waals surface area contributed by atoms with E-state index in [1.165, 1.54) is 4.88 Å². The van der Waals surface area contributed by atoms with Crippen molar-refractivity contribution in [2.24, 2.45) is 4.99 Å². The summed E-state index contributed by atoms with van der Waals surface area (Å²) < 4.78 is 25.1. The molecule has 128 valence electrons. The molecule has 0 radical (unpaired) electrons. The smallest absolute Gasteiger partial charge is 0.211 e. The molecule has 0 bridgehead atoms. The zero-order valence-corrected chi connectivity index (χ0v) is 16.9. The lowest BCUT2D eigenvalue weighted by atomic mass is 10.3. The summed E-state index contributed by atoms with van der Waals surface area (Å²) in [6, 6.07) is 4.15. The number of hydrogen-bond acceptors (Lipinski definition) is 4. The van der Waals surface area contributed by atoms with Gasteiger partial charge in [-0.05, 0) is 31.7 Å². The molecule has 1 heterocycles. The van der Waals surface area contributed by atoms with Gasteiger partial charge >= 0.3 is 0 Å². The molecule has 0 saturated heterocycles. The fourth-order valence-electron chi connectivity index (χ4n) is 1.57. The van der Waals surface area contributed by atoms with Gasteiger partial charge in [0.1, 0.15) is 0 Å². The molecule has 0 unspecified atom stereocenters. The van der Waals surface area contributed by atoms with Crippen molar-refractivity contribution in [1.29, 1.82) is 0 Å². The number of sulfonamides is 1. The first-order valence-corrected chi connectivity index (χ1v) is 9.62. The topological polar surface area (TPSA) is 82.6 Å². The number of thiophene rings is 1. The summed E-state index contributed by atoms with van der Waals surface area (Å²) in [6.07, 6.45) is 0.949. The van der Waals surface area contributed by atoms with Crippen LogP contribution in [-0.2, 0) is 16.4 Å². The second-order valence-electron chi connectivity index (χ2n) is 4.31. The Kier molecular flexibility index (Phi) is 11.9. The molecule has 0 saturated carbocycles. The van der Waals surface area contributed by atoms with Crippen molar-refractivity contribution in [2.45, 2.75) is 20.3 Å². The molecule has 6 nitrogen and oxygen atoms in total. The van der Waals surface area contributed by atoms with Crippen LogP contribution in [0.15, 0.2) is 22.5 Å². The standard InChI is InChI=1S/C13H24N4O2S2.HI/c1-3-14-13(15-8-7-12-6-5-11-20-12)16-9-10-17-21(18,19)4-2;/h5-6,11,17H,3-4,7-10H2,1-2H3,(H2,14,15,16);1H. The molecule has 0 amide bonds. The van der Waals surface area contributed by atoms with Gasteiger partial charge in [-0.1, -0.05) is 6.07 Å². The zero-order valence-electron chi connectivity index (χ0n) is 13.0. The van der Waals surface area contributed by atoms with E-state index in [1.54, 1.807) is 18.3 Å². The third kappa shape index (κ3) is 9.59. The van der Waals surface area contributed by atoms with E-state index >= 15 is 0 Å². The van der Waals surface area contributed by atoms with Gasteiger partial charge in [-0.15, -0.1) is 35.3 Å². The number of halogens is 1. The Hall–Kier alpha value is -0.390. The Morgan fingerprint density at radius 2 is 2.05 bits per heavy atom. The van der Waals surface area contributed by atoms with Crippen LogP contribution in [-0.4, -0.2) is 46.3 Å².